The summed E-state index contributed by atoms with van der Waals surface area (Å²) in [5, 5.41) is 12.0. The average Bonchev–Trinajstić information content (AvgIpc) is 2.60. The predicted molar refractivity (Wildman–Crippen MR) is 96.9 cm³/mol. The molecule has 0 saturated heterocycles. The number of aliphatic hydroxyl groups is 1. The number of nitrogens with zero attached hydrogens (tertiary/aromatic N) is 2. The number of hydrogen-bond acceptors (Lipinski definition) is 3. The number of benzene rings is 2. The topological polar surface area (TPSA) is 55.8 Å². The molecule has 5 nitrogen and oxygen atoms in total. The third kappa shape index (κ3) is 5.46. The largest absolute Gasteiger partial charge is 0.395 e. The van der Waals surface area contributed by atoms with Crippen molar-refractivity contribution < 1.29 is 14.3 Å². The molecule has 134 valence electrons. The average molecular weight is 345 g/mol. The highest BCUT2D eigenvalue weighted by Gasteiger charge is 2.13. The molecule has 2 aromatic carbocycles. The monoisotopic (exact) mass is 345 g/mol. The van der Waals surface area contributed by atoms with E-state index >= 15 is 0 Å². The summed E-state index contributed by atoms with van der Waals surface area (Å²) in [6, 6.07) is 14.2. The molecule has 25 heavy (non-hydrogen) atoms. The van der Waals surface area contributed by atoms with Gasteiger partial charge in [-0.1, -0.05) is 36.4 Å². The first-order valence-electron chi connectivity index (χ1n) is 8.14. The van der Waals surface area contributed by atoms with Gasteiger partial charge in [-0.15, -0.1) is 0 Å². The fraction of sp³-hybridized carbons (Fsp3) is 0.316. The first-order valence-corrected chi connectivity index (χ1v) is 8.14. The zero-order valence-electron chi connectivity index (χ0n) is 14.6. The molecular formula is C19H24FN3O2. The summed E-state index contributed by atoms with van der Waals surface area (Å²) in [4.78, 5) is 15.6. The maximum Gasteiger partial charge on any atom is 0.318 e. The number of aliphatic hydroxyl groups excluding tert-OH is 1. The van der Waals surface area contributed by atoms with Gasteiger partial charge in [0.2, 0.25) is 0 Å². The lowest BCUT2D eigenvalue weighted by Gasteiger charge is -2.22. The Morgan fingerprint density at radius 3 is 2.44 bits per heavy atom. The Hall–Kier alpha value is -2.60. The van der Waals surface area contributed by atoms with E-state index in [2.05, 4.69) is 5.32 Å². The Morgan fingerprint density at radius 2 is 1.84 bits per heavy atom. The fourth-order valence-electron chi connectivity index (χ4n) is 2.49. The van der Waals surface area contributed by atoms with Crippen molar-refractivity contribution in [2.75, 3.05) is 32.1 Å². The number of urea groups is 1. The molecule has 2 N–H and O–H groups in total. The minimum atomic E-state index is -0.326. The van der Waals surface area contributed by atoms with Gasteiger partial charge in [0, 0.05) is 33.7 Å². The zero-order chi connectivity index (χ0) is 18.2. The first-order chi connectivity index (χ1) is 12.0. The normalized spacial score (nSPS) is 10.4. The van der Waals surface area contributed by atoms with Gasteiger partial charge in [0.1, 0.15) is 5.82 Å². The number of carbonyl (C=O) groups is 1. The smallest absolute Gasteiger partial charge is 0.318 e. The van der Waals surface area contributed by atoms with E-state index in [1.807, 2.05) is 30.3 Å². The lowest BCUT2D eigenvalue weighted by molar-refractivity contribution is 0.173. The number of hydrogen-bond donors (Lipinski definition) is 2. The van der Waals surface area contributed by atoms with Crippen molar-refractivity contribution in [3.63, 3.8) is 0 Å². The summed E-state index contributed by atoms with van der Waals surface area (Å²) < 4.78 is 14.0. The Labute approximate surface area is 147 Å². The molecule has 0 aliphatic heterocycles. The summed E-state index contributed by atoms with van der Waals surface area (Å²) in [5.74, 6) is -0.326. The Balaban J connectivity index is 1.97. The molecule has 0 aliphatic carbocycles. The summed E-state index contributed by atoms with van der Waals surface area (Å²) in [5.41, 5.74) is 2.16. The Kier molecular flexibility index (Phi) is 6.77. The predicted octanol–water partition coefficient (Wildman–Crippen LogP) is 2.60. The summed E-state index contributed by atoms with van der Waals surface area (Å²) in [7, 11) is 3.55. The van der Waals surface area contributed by atoms with Gasteiger partial charge in [0.05, 0.1) is 12.3 Å². The van der Waals surface area contributed by atoms with Gasteiger partial charge in [-0.2, -0.15) is 0 Å². The molecule has 0 heterocycles. The minimum absolute atomic E-state index is 0.119. The number of rotatable bonds is 7. The van der Waals surface area contributed by atoms with Crippen LogP contribution in [0, 0.1) is 5.82 Å². The molecule has 2 rings (SSSR count). The van der Waals surface area contributed by atoms with E-state index < -0.39 is 0 Å². The van der Waals surface area contributed by atoms with Crippen molar-refractivity contribution in [1.29, 1.82) is 0 Å². The van der Waals surface area contributed by atoms with Crippen molar-refractivity contribution in [2.24, 2.45) is 0 Å². The van der Waals surface area contributed by atoms with Crippen LogP contribution in [0.4, 0.5) is 14.9 Å². The molecule has 0 unspecified atom stereocenters. The van der Waals surface area contributed by atoms with Gasteiger partial charge in [0.15, 0.2) is 0 Å². The molecule has 6 heteroatoms. The lowest BCUT2D eigenvalue weighted by atomic mass is 10.2. The van der Waals surface area contributed by atoms with Gasteiger partial charge < -0.3 is 20.2 Å². The van der Waals surface area contributed by atoms with Gasteiger partial charge in [-0.05, 0) is 23.3 Å². The molecule has 0 aromatic heterocycles. The molecule has 2 amide bonds. The van der Waals surface area contributed by atoms with E-state index in [0.717, 1.165) is 5.56 Å². The summed E-state index contributed by atoms with van der Waals surface area (Å²) in [6.45, 7) is 0.739. The molecule has 0 radical (unpaired) electrons. The zero-order valence-corrected chi connectivity index (χ0v) is 14.6. The van der Waals surface area contributed by atoms with Crippen molar-refractivity contribution in [3.05, 3.63) is 65.5 Å². The fourth-order valence-corrected chi connectivity index (χ4v) is 2.49. The standard InChI is InChI=1S/C19H24FN3O2/c1-22(2)18-9-8-16(12-17(18)20)13-21-19(25)23(10-11-24)14-15-6-4-3-5-7-15/h3-9,12,24H,10-11,13-14H2,1-2H3,(H,21,25). The highest BCUT2D eigenvalue weighted by atomic mass is 19.1. The highest BCUT2D eigenvalue weighted by Crippen LogP contribution is 2.18. The third-order valence-electron chi connectivity index (χ3n) is 3.81. The van der Waals surface area contributed by atoms with Gasteiger partial charge in [-0.3, -0.25) is 0 Å². The van der Waals surface area contributed by atoms with Crippen molar-refractivity contribution in [2.45, 2.75) is 13.1 Å². The number of carbonyl (C=O) groups excluding carboxylic acids is 1. The van der Waals surface area contributed by atoms with Crippen LogP contribution < -0.4 is 10.2 Å². The van der Waals surface area contributed by atoms with E-state index in [-0.39, 0.29) is 31.5 Å². The number of amides is 2. The van der Waals surface area contributed by atoms with E-state index in [9.17, 15) is 14.3 Å². The van der Waals surface area contributed by atoms with Crippen LogP contribution in [0.2, 0.25) is 0 Å². The molecule has 0 atom stereocenters. The second kappa shape index (κ2) is 9.03. The molecular weight excluding hydrogens is 321 g/mol. The van der Waals surface area contributed by atoms with Crippen LogP contribution in [0.25, 0.3) is 0 Å². The Bertz CT molecular complexity index is 692. The highest BCUT2D eigenvalue weighted by molar-refractivity contribution is 5.74. The second-order valence-electron chi connectivity index (χ2n) is 5.97. The molecule has 0 aliphatic rings. The van der Waals surface area contributed by atoms with Crippen LogP contribution in [-0.2, 0) is 13.1 Å². The summed E-state index contributed by atoms with van der Waals surface area (Å²) in [6.07, 6.45) is 0. The maximum atomic E-state index is 14.0. The van der Waals surface area contributed by atoms with E-state index in [1.54, 1.807) is 31.1 Å². The van der Waals surface area contributed by atoms with E-state index in [4.69, 9.17) is 0 Å². The van der Waals surface area contributed by atoms with Gasteiger partial charge in [-0.25, -0.2) is 9.18 Å². The van der Waals surface area contributed by atoms with Crippen molar-refractivity contribution in [1.82, 2.24) is 10.2 Å². The van der Waals surface area contributed by atoms with E-state index in [1.165, 1.54) is 11.0 Å². The molecule has 0 saturated carbocycles. The molecule has 0 bridgehead atoms. The number of nitrogens with one attached hydrogen (secondary N) is 1. The first kappa shape index (κ1) is 18.7. The SMILES string of the molecule is CN(C)c1ccc(CNC(=O)N(CCO)Cc2ccccc2)cc1F. The maximum absolute atomic E-state index is 14.0. The molecule has 2 aromatic rings. The third-order valence-corrected chi connectivity index (χ3v) is 3.81. The lowest BCUT2D eigenvalue weighted by Crippen LogP contribution is -2.40. The van der Waals surface area contributed by atoms with Crippen LogP contribution >= 0.6 is 0 Å². The van der Waals surface area contributed by atoms with Crippen LogP contribution in [0.1, 0.15) is 11.1 Å². The van der Waals surface area contributed by atoms with Crippen LogP contribution in [-0.4, -0.2) is 43.3 Å². The van der Waals surface area contributed by atoms with Crippen LogP contribution in [0.3, 0.4) is 0 Å². The van der Waals surface area contributed by atoms with Crippen molar-refractivity contribution >= 4 is 11.7 Å². The van der Waals surface area contributed by atoms with Gasteiger partial charge in [0.25, 0.3) is 0 Å². The quantitative estimate of drug-likeness (QED) is 0.811. The van der Waals surface area contributed by atoms with Crippen LogP contribution in [0.15, 0.2) is 48.5 Å². The number of anilines is 1. The van der Waals surface area contributed by atoms with Crippen LogP contribution in [0.5, 0.6) is 0 Å². The number of halogens is 1. The minimum Gasteiger partial charge on any atom is -0.395 e. The molecule has 0 spiro atoms. The second-order valence-corrected chi connectivity index (χ2v) is 5.97. The van der Waals surface area contributed by atoms with Gasteiger partial charge >= 0.3 is 6.03 Å². The Morgan fingerprint density at radius 1 is 1.12 bits per heavy atom. The molecule has 0 fully saturated rings. The summed E-state index contributed by atoms with van der Waals surface area (Å²) >= 11 is 0. The van der Waals surface area contributed by atoms with E-state index in [0.29, 0.717) is 17.8 Å². The van der Waals surface area contributed by atoms with Crippen molar-refractivity contribution in [3.8, 4) is 0 Å².